The lowest BCUT2D eigenvalue weighted by molar-refractivity contribution is -0.133. The number of rotatable bonds is 5. The Balaban J connectivity index is 1.46. The Morgan fingerprint density at radius 2 is 1.84 bits per heavy atom. The van der Waals surface area contributed by atoms with Crippen LogP contribution in [-0.2, 0) is 15.1 Å². The van der Waals surface area contributed by atoms with Crippen molar-refractivity contribution in [2.75, 3.05) is 29.9 Å². The third-order valence-electron chi connectivity index (χ3n) is 6.00. The summed E-state index contributed by atoms with van der Waals surface area (Å²) in [5, 5.41) is 6.13. The number of imide groups is 1. The Morgan fingerprint density at radius 1 is 1.12 bits per heavy atom. The number of benzene rings is 2. The maximum absolute atomic E-state index is 13.1. The van der Waals surface area contributed by atoms with Crippen molar-refractivity contribution in [3.63, 3.8) is 0 Å². The zero-order valence-corrected chi connectivity index (χ0v) is 19.4. The lowest BCUT2D eigenvalue weighted by Gasteiger charge is -2.23. The van der Waals surface area contributed by atoms with E-state index in [0.717, 1.165) is 29.2 Å². The van der Waals surface area contributed by atoms with Crippen LogP contribution in [0.5, 0.6) is 0 Å². The van der Waals surface area contributed by atoms with E-state index in [1.54, 1.807) is 19.1 Å². The molecule has 0 bridgehead atoms. The first kappa shape index (κ1) is 22.4. The van der Waals surface area contributed by atoms with Crippen molar-refractivity contribution in [3.05, 3.63) is 57.6 Å². The number of carbonyl (C=O) groups excluding carboxylic acids is 3. The van der Waals surface area contributed by atoms with Crippen molar-refractivity contribution in [3.8, 4) is 0 Å². The predicted octanol–water partition coefficient (Wildman–Crippen LogP) is 4.31. The van der Waals surface area contributed by atoms with Crippen LogP contribution in [0.3, 0.4) is 0 Å². The van der Waals surface area contributed by atoms with E-state index in [0.29, 0.717) is 16.3 Å². The Kier molecular flexibility index (Phi) is 6.05. The Hall–Kier alpha value is -2.77. The zero-order valence-electron chi connectivity index (χ0n) is 17.9. The van der Waals surface area contributed by atoms with Crippen molar-refractivity contribution < 1.29 is 14.4 Å². The van der Waals surface area contributed by atoms with Gasteiger partial charge in [0, 0.05) is 40.1 Å². The third-order valence-corrected chi connectivity index (χ3v) is 6.55. The van der Waals surface area contributed by atoms with E-state index in [-0.39, 0.29) is 5.02 Å². The molecule has 4 amide bonds. The highest BCUT2D eigenvalue weighted by Gasteiger charge is 2.50. The van der Waals surface area contributed by atoms with Gasteiger partial charge < -0.3 is 15.5 Å². The number of hydrogen-bond donors (Lipinski definition) is 2. The van der Waals surface area contributed by atoms with Gasteiger partial charge in [0.15, 0.2) is 0 Å². The summed E-state index contributed by atoms with van der Waals surface area (Å²) in [4.78, 5) is 41.5. The largest absolute Gasteiger partial charge is 0.372 e. The fourth-order valence-corrected chi connectivity index (χ4v) is 4.81. The molecular weight excluding hydrogens is 451 g/mol. The topological polar surface area (TPSA) is 81.8 Å². The van der Waals surface area contributed by atoms with Crippen LogP contribution in [-0.4, -0.2) is 42.4 Å². The quantitative estimate of drug-likeness (QED) is 0.632. The van der Waals surface area contributed by atoms with Crippen LogP contribution in [0, 0.1) is 6.92 Å². The van der Waals surface area contributed by atoms with Crippen LogP contribution >= 0.6 is 23.2 Å². The molecule has 0 saturated carbocycles. The molecule has 2 heterocycles. The fourth-order valence-electron chi connectivity index (χ4n) is 4.21. The highest BCUT2D eigenvalue weighted by Crippen LogP contribution is 2.35. The number of hydrogen-bond acceptors (Lipinski definition) is 4. The second-order valence-electron chi connectivity index (χ2n) is 8.31. The predicted molar refractivity (Wildman–Crippen MR) is 125 cm³/mol. The van der Waals surface area contributed by atoms with Crippen molar-refractivity contribution in [2.45, 2.75) is 32.2 Å². The minimum absolute atomic E-state index is 0.258. The summed E-state index contributed by atoms with van der Waals surface area (Å²) < 4.78 is 0. The number of anilines is 2. The molecule has 2 aromatic rings. The molecule has 0 aromatic heterocycles. The van der Waals surface area contributed by atoms with Crippen LogP contribution in [0.1, 0.15) is 30.9 Å². The van der Waals surface area contributed by atoms with Gasteiger partial charge >= 0.3 is 6.03 Å². The van der Waals surface area contributed by atoms with Crippen molar-refractivity contribution in [2.24, 2.45) is 0 Å². The molecule has 7 nitrogen and oxygen atoms in total. The molecule has 0 radical (unpaired) electrons. The third kappa shape index (κ3) is 4.14. The van der Waals surface area contributed by atoms with E-state index in [9.17, 15) is 14.4 Å². The number of halogens is 2. The molecule has 2 saturated heterocycles. The molecule has 0 spiro atoms. The van der Waals surface area contributed by atoms with Crippen LogP contribution in [0.4, 0.5) is 16.2 Å². The number of aryl methyl sites for hydroxylation is 1. The average Bonchev–Trinajstić information content (AvgIpc) is 3.33. The van der Waals surface area contributed by atoms with Gasteiger partial charge in [-0.15, -0.1) is 0 Å². The summed E-state index contributed by atoms with van der Waals surface area (Å²) in [5.41, 5.74) is 1.72. The first-order chi connectivity index (χ1) is 15.2. The normalized spacial score (nSPS) is 20.6. The number of nitrogens with zero attached hydrogens (tertiary/aromatic N) is 2. The SMILES string of the molecule is Cc1cc(N2CCCC2)ccc1NC(=O)CN1C(=O)NC(C)(c2ccc(Cl)cc2Cl)C1=O. The maximum atomic E-state index is 13.1. The maximum Gasteiger partial charge on any atom is 0.325 e. The molecule has 0 aliphatic carbocycles. The van der Waals surface area contributed by atoms with Gasteiger partial charge in [0.05, 0.1) is 0 Å². The Labute approximate surface area is 196 Å². The highest BCUT2D eigenvalue weighted by molar-refractivity contribution is 6.35. The number of urea groups is 1. The van der Waals surface area contributed by atoms with Crippen LogP contribution in [0.2, 0.25) is 10.0 Å². The number of nitrogens with one attached hydrogen (secondary N) is 2. The second kappa shape index (κ2) is 8.64. The van der Waals surface area contributed by atoms with E-state index in [1.165, 1.54) is 18.9 Å². The summed E-state index contributed by atoms with van der Waals surface area (Å²) in [7, 11) is 0. The van der Waals surface area contributed by atoms with Crippen molar-refractivity contribution in [1.29, 1.82) is 0 Å². The van der Waals surface area contributed by atoms with Crippen LogP contribution in [0.15, 0.2) is 36.4 Å². The Morgan fingerprint density at radius 3 is 2.50 bits per heavy atom. The first-order valence-electron chi connectivity index (χ1n) is 10.4. The van der Waals surface area contributed by atoms with Gasteiger partial charge in [0.1, 0.15) is 12.1 Å². The van der Waals surface area contributed by atoms with Crippen molar-refractivity contribution in [1.82, 2.24) is 10.2 Å². The van der Waals surface area contributed by atoms with E-state index in [4.69, 9.17) is 23.2 Å². The highest BCUT2D eigenvalue weighted by atomic mass is 35.5. The van der Waals surface area contributed by atoms with Gasteiger partial charge in [-0.05, 0) is 62.6 Å². The van der Waals surface area contributed by atoms with Gasteiger partial charge in [-0.1, -0.05) is 29.3 Å². The molecule has 1 unspecified atom stereocenters. The number of amides is 4. The molecule has 2 aliphatic heterocycles. The summed E-state index contributed by atoms with van der Waals surface area (Å²) in [6.07, 6.45) is 2.37. The van der Waals surface area contributed by atoms with Crippen LogP contribution in [0.25, 0.3) is 0 Å². The summed E-state index contributed by atoms with van der Waals surface area (Å²) in [6, 6.07) is 9.90. The molecule has 9 heteroatoms. The molecule has 4 rings (SSSR count). The van der Waals surface area contributed by atoms with Gasteiger partial charge in [-0.3, -0.25) is 14.5 Å². The molecule has 2 N–H and O–H groups in total. The van der Waals surface area contributed by atoms with E-state index < -0.39 is 29.9 Å². The van der Waals surface area contributed by atoms with E-state index in [2.05, 4.69) is 15.5 Å². The lowest BCUT2D eigenvalue weighted by atomic mass is 9.92. The monoisotopic (exact) mass is 474 g/mol. The minimum atomic E-state index is -1.38. The zero-order chi connectivity index (χ0) is 23.0. The molecule has 2 aliphatic rings. The number of carbonyl (C=O) groups is 3. The van der Waals surface area contributed by atoms with Gasteiger partial charge in [-0.2, -0.15) is 0 Å². The molecule has 168 valence electrons. The van der Waals surface area contributed by atoms with E-state index in [1.807, 2.05) is 25.1 Å². The van der Waals surface area contributed by atoms with Gasteiger partial charge in [0.2, 0.25) is 5.91 Å². The fraction of sp³-hybridized carbons (Fsp3) is 0.348. The molecule has 32 heavy (non-hydrogen) atoms. The van der Waals surface area contributed by atoms with Gasteiger partial charge in [-0.25, -0.2) is 4.79 Å². The Bertz CT molecular complexity index is 1100. The van der Waals surface area contributed by atoms with Gasteiger partial charge in [0.25, 0.3) is 5.91 Å². The molecular formula is C23H24Cl2N4O3. The smallest absolute Gasteiger partial charge is 0.325 e. The average molecular weight is 475 g/mol. The van der Waals surface area contributed by atoms with Crippen molar-refractivity contribution >= 4 is 52.4 Å². The van der Waals surface area contributed by atoms with Crippen LogP contribution < -0.4 is 15.5 Å². The standard InChI is InChI=1S/C23H24Cl2N4O3/c1-14-11-16(28-9-3-4-10-28)6-8-19(14)26-20(30)13-29-21(31)23(2,27-22(29)32)17-7-5-15(24)12-18(17)25/h5-8,11-12H,3-4,9-10,13H2,1-2H3,(H,26,30)(H,27,32). The first-order valence-corrected chi connectivity index (χ1v) is 11.2. The summed E-state index contributed by atoms with van der Waals surface area (Å²) in [5.74, 6) is -1.01. The summed E-state index contributed by atoms with van der Waals surface area (Å²) in [6.45, 7) is 5.14. The lowest BCUT2D eigenvalue weighted by Crippen LogP contribution is -2.42. The minimum Gasteiger partial charge on any atom is -0.372 e. The molecule has 2 aromatic carbocycles. The second-order valence-corrected chi connectivity index (χ2v) is 9.16. The molecule has 2 fully saturated rings. The summed E-state index contributed by atoms with van der Waals surface area (Å²) >= 11 is 12.2. The van der Waals surface area contributed by atoms with E-state index >= 15 is 0 Å². The molecule has 1 atom stereocenters.